The van der Waals surface area contributed by atoms with E-state index in [2.05, 4.69) is 4.72 Å². The van der Waals surface area contributed by atoms with Crippen molar-refractivity contribution in [1.82, 2.24) is 4.72 Å². The molecule has 114 valence electrons. The molecule has 0 saturated carbocycles. The number of nitrogen functional groups attached to an aromatic ring is 1. The van der Waals surface area contributed by atoms with Gasteiger partial charge in [-0.15, -0.1) is 0 Å². The standard InChI is InChI=1S/C13H22N2O4S/c1-4-18-9-10(3)15-20(16,17)13-8-11(14)6-7-12(13)19-5-2/h6-8,10,15H,4-5,9,14H2,1-3H3. The number of hydrogen-bond acceptors (Lipinski definition) is 5. The lowest BCUT2D eigenvalue weighted by Gasteiger charge is -2.16. The van der Waals surface area contributed by atoms with E-state index in [1.807, 2.05) is 6.92 Å². The van der Waals surface area contributed by atoms with E-state index < -0.39 is 10.0 Å². The number of nitrogens with two attached hydrogens (primary N) is 1. The Bertz CT molecular complexity index is 531. The van der Waals surface area contributed by atoms with Crippen LogP contribution >= 0.6 is 0 Å². The van der Waals surface area contributed by atoms with Gasteiger partial charge in [-0.3, -0.25) is 0 Å². The van der Waals surface area contributed by atoms with Crippen LogP contribution in [0, 0.1) is 0 Å². The molecule has 1 unspecified atom stereocenters. The molecule has 0 amide bonds. The molecular formula is C13H22N2O4S. The van der Waals surface area contributed by atoms with Crippen LogP contribution in [0.4, 0.5) is 5.69 Å². The molecule has 20 heavy (non-hydrogen) atoms. The van der Waals surface area contributed by atoms with Crippen LogP contribution in [-0.4, -0.2) is 34.3 Å². The Morgan fingerprint density at radius 3 is 2.60 bits per heavy atom. The molecule has 0 saturated heterocycles. The highest BCUT2D eigenvalue weighted by atomic mass is 32.2. The van der Waals surface area contributed by atoms with Gasteiger partial charge in [-0.05, 0) is 39.0 Å². The predicted molar refractivity (Wildman–Crippen MR) is 78.3 cm³/mol. The average Bonchev–Trinajstić information content (AvgIpc) is 2.38. The van der Waals surface area contributed by atoms with Crippen LogP contribution in [0.25, 0.3) is 0 Å². The molecule has 1 aromatic carbocycles. The number of benzene rings is 1. The zero-order valence-corrected chi connectivity index (χ0v) is 12.9. The van der Waals surface area contributed by atoms with Gasteiger partial charge >= 0.3 is 0 Å². The molecule has 0 radical (unpaired) electrons. The maximum Gasteiger partial charge on any atom is 0.244 e. The van der Waals surface area contributed by atoms with Crippen molar-refractivity contribution < 1.29 is 17.9 Å². The summed E-state index contributed by atoms with van der Waals surface area (Å²) in [6.07, 6.45) is 0. The molecule has 0 aliphatic heterocycles. The summed E-state index contributed by atoms with van der Waals surface area (Å²) in [7, 11) is -3.70. The van der Waals surface area contributed by atoms with Crippen molar-refractivity contribution in [2.45, 2.75) is 31.7 Å². The van der Waals surface area contributed by atoms with Gasteiger partial charge in [0, 0.05) is 18.3 Å². The summed E-state index contributed by atoms with van der Waals surface area (Å²) in [6, 6.07) is 4.21. The molecule has 3 N–H and O–H groups in total. The predicted octanol–water partition coefficient (Wildman–Crippen LogP) is 1.37. The third-order valence-corrected chi connectivity index (χ3v) is 4.10. The van der Waals surface area contributed by atoms with Gasteiger partial charge in [0.25, 0.3) is 0 Å². The van der Waals surface area contributed by atoms with Gasteiger partial charge in [0.2, 0.25) is 10.0 Å². The monoisotopic (exact) mass is 302 g/mol. The van der Waals surface area contributed by atoms with Gasteiger partial charge in [-0.25, -0.2) is 13.1 Å². The smallest absolute Gasteiger partial charge is 0.244 e. The third-order valence-electron chi connectivity index (χ3n) is 2.49. The molecular weight excluding hydrogens is 280 g/mol. The third kappa shape index (κ3) is 4.66. The van der Waals surface area contributed by atoms with E-state index >= 15 is 0 Å². The van der Waals surface area contributed by atoms with Crippen LogP contribution in [0.1, 0.15) is 20.8 Å². The minimum Gasteiger partial charge on any atom is -0.492 e. The molecule has 0 aliphatic rings. The first-order valence-electron chi connectivity index (χ1n) is 6.53. The van der Waals surface area contributed by atoms with Crippen molar-refractivity contribution in [1.29, 1.82) is 0 Å². The minimum atomic E-state index is -3.70. The lowest BCUT2D eigenvalue weighted by Crippen LogP contribution is -2.36. The second-order valence-corrected chi connectivity index (χ2v) is 6.00. The zero-order valence-electron chi connectivity index (χ0n) is 12.0. The lowest BCUT2D eigenvalue weighted by molar-refractivity contribution is 0.133. The van der Waals surface area contributed by atoms with E-state index in [1.165, 1.54) is 6.07 Å². The van der Waals surface area contributed by atoms with Crippen molar-refractivity contribution >= 4 is 15.7 Å². The number of sulfonamides is 1. The van der Waals surface area contributed by atoms with E-state index in [4.69, 9.17) is 15.2 Å². The van der Waals surface area contributed by atoms with Gasteiger partial charge < -0.3 is 15.2 Å². The summed E-state index contributed by atoms with van der Waals surface area (Å²) < 4.78 is 37.8. The first-order valence-corrected chi connectivity index (χ1v) is 8.01. The molecule has 0 fully saturated rings. The van der Waals surface area contributed by atoms with E-state index in [1.54, 1.807) is 26.0 Å². The number of ether oxygens (including phenoxy) is 2. The van der Waals surface area contributed by atoms with Crippen molar-refractivity contribution in [3.63, 3.8) is 0 Å². The Morgan fingerprint density at radius 2 is 2.00 bits per heavy atom. The molecule has 7 heteroatoms. The Morgan fingerprint density at radius 1 is 1.30 bits per heavy atom. The van der Waals surface area contributed by atoms with Gasteiger partial charge in [-0.2, -0.15) is 0 Å². The highest BCUT2D eigenvalue weighted by molar-refractivity contribution is 7.89. The van der Waals surface area contributed by atoms with Crippen molar-refractivity contribution in [2.75, 3.05) is 25.6 Å². The first-order chi connectivity index (χ1) is 9.40. The van der Waals surface area contributed by atoms with E-state index in [0.717, 1.165) is 0 Å². The van der Waals surface area contributed by atoms with Crippen LogP contribution in [0.5, 0.6) is 5.75 Å². The summed E-state index contributed by atoms with van der Waals surface area (Å²) in [5.74, 6) is 0.290. The van der Waals surface area contributed by atoms with Crippen LogP contribution in [-0.2, 0) is 14.8 Å². The fraction of sp³-hybridized carbons (Fsp3) is 0.538. The number of hydrogen-bond donors (Lipinski definition) is 2. The Kier molecular flexibility index (Phi) is 6.25. The largest absolute Gasteiger partial charge is 0.492 e. The van der Waals surface area contributed by atoms with Crippen molar-refractivity contribution in [3.8, 4) is 5.75 Å². The van der Waals surface area contributed by atoms with Gasteiger partial charge in [-0.1, -0.05) is 0 Å². The summed E-state index contributed by atoms with van der Waals surface area (Å²) in [5.41, 5.74) is 6.03. The highest BCUT2D eigenvalue weighted by Gasteiger charge is 2.22. The molecule has 6 nitrogen and oxygen atoms in total. The fourth-order valence-corrected chi connectivity index (χ4v) is 3.07. The molecule has 0 heterocycles. The quantitative estimate of drug-likeness (QED) is 0.708. The summed E-state index contributed by atoms with van der Waals surface area (Å²) in [4.78, 5) is 0.0442. The second kappa shape index (κ2) is 7.47. The number of rotatable bonds is 8. The first kappa shape index (κ1) is 16.7. The van der Waals surface area contributed by atoms with Crippen LogP contribution < -0.4 is 15.2 Å². The second-order valence-electron chi connectivity index (χ2n) is 4.32. The SMILES string of the molecule is CCOCC(C)NS(=O)(=O)c1cc(N)ccc1OCC. The van der Waals surface area contributed by atoms with Crippen molar-refractivity contribution in [3.05, 3.63) is 18.2 Å². The molecule has 0 bridgehead atoms. The average molecular weight is 302 g/mol. The Hall–Kier alpha value is -1.31. The fourth-order valence-electron chi connectivity index (χ4n) is 1.67. The lowest BCUT2D eigenvalue weighted by atomic mass is 10.3. The maximum absolute atomic E-state index is 12.4. The molecule has 1 atom stereocenters. The van der Waals surface area contributed by atoms with Crippen LogP contribution in [0.3, 0.4) is 0 Å². The van der Waals surface area contributed by atoms with E-state index in [-0.39, 0.29) is 16.7 Å². The van der Waals surface area contributed by atoms with Gasteiger partial charge in [0.05, 0.1) is 13.2 Å². The summed E-state index contributed by atoms with van der Waals surface area (Å²) in [5, 5.41) is 0. The van der Waals surface area contributed by atoms with Crippen molar-refractivity contribution in [2.24, 2.45) is 0 Å². The highest BCUT2D eigenvalue weighted by Crippen LogP contribution is 2.26. The Labute approximate surface area is 120 Å². The number of nitrogens with one attached hydrogen (secondary N) is 1. The molecule has 1 aromatic rings. The van der Waals surface area contributed by atoms with E-state index in [0.29, 0.717) is 25.5 Å². The van der Waals surface area contributed by atoms with E-state index in [9.17, 15) is 8.42 Å². The van der Waals surface area contributed by atoms with Gasteiger partial charge in [0.15, 0.2) is 0 Å². The number of anilines is 1. The maximum atomic E-state index is 12.4. The summed E-state index contributed by atoms with van der Waals surface area (Å²) in [6.45, 7) is 6.60. The van der Waals surface area contributed by atoms with Gasteiger partial charge in [0.1, 0.15) is 10.6 Å². The summed E-state index contributed by atoms with van der Waals surface area (Å²) >= 11 is 0. The van der Waals surface area contributed by atoms with Crippen LogP contribution in [0.2, 0.25) is 0 Å². The Balaban J connectivity index is 2.99. The molecule has 1 rings (SSSR count). The molecule has 0 aromatic heterocycles. The molecule has 0 spiro atoms. The topological polar surface area (TPSA) is 90.7 Å². The molecule has 0 aliphatic carbocycles. The minimum absolute atomic E-state index is 0.0442. The zero-order chi connectivity index (χ0) is 15.2. The van der Waals surface area contributed by atoms with Crippen LogP contribution in [0.15, 0.2) is 23.1 Å². The normalized spacial score (nSPS) is 13.2.